The van der Waals surface area contributed by atoms with Gasteiger partial charge in [0.2, 0.25) is 0 Å². The van der Waals surface area contributed by atoms with E-state index in [1.807, 2.05) is 31.2 Å². The lowest BCUT2D eigenvalue weighted by atomic mass is 9.71. The van der Waals surface area contributed by atoms with E-state index >= 15 is 0 Å². The number of nitrogens with one attached hydrogen (secondary N) is 1. The second-order valence-corrected chi connectivity index (χ2v) is 9.80. The molecule has 2 aromatic rings. The molecule has 0 radical (unpaired) electrons. The van der Waals surface area contributed by atoms with E-state index in [1.54, 1.807) is 12.1 Å². The molecule has 0 saturated heterocycles. The van der Waals surface area contributed by atoms with Crippen LogP contribution in [0.15, 0.2) is 58.9 Å². The summed E-state index contributed by atoms with van der Waals surface area (Å²) in [6.07, 6.45) is 4.24. The maximum absolute atomic E-state index is 13.0. The van der Waals surface area contributed by atoms with Gasteiger partial charge in [-0.2, -0.15) is 0 Å². The van der Waals surface area contributed by atoms with Crippen molar-refractivity contribution in [2.45, 2.75) is 58.0 Å². The number of dihydropyridines is 1. The topological polar surface area (TPSA) is 55.4 Å². The highest BCUT2D eigenvalue weighted by atomic mass is 35.5. The molecule has 0 aromatic heterocycles. The minimum atomic E-state index is -0.432. The van der Waals surface area contributed by atoms with Gasteiger partial charge in [-0.25, -0.2) is 0 Å². The number of Topliss-reactive ketones (excluding diaryl/α,β-unsaturated/α-hetero) is 2. The van der Waals surface area contributed by atoms with Crippen molar-refractivity contribution in [2.24, 2.45) is 0 Å². The molecule has 0 amide bonds. The highest BCUT2D eigenvalue weighted by Gasteiger charge is 2.40. The first-order valence-electron chi connectivity index (χ1n) is 11.4. The lowest BCUT2D eigenvalue weighted by Crippen LogP contribution is -2.36. The minimum Gasteiger partial charge on any atom is -0.486 e. The second kappa shape index (κ2) is 9.00. The van der Waals surface area contributed by atoms with Gasteiger partial charge in [0.25, 0.3) is 0 Å². The molecule has 1 N–H and O–H groups in total. The van der Waals surface area contributed by atoms with Crippen molar-refractivity contribution < 1.29 is 14.3 Å². The van der Waals surface area contributed by atoms with Gasteiger partial charge in [-0.3, -0.25) is 9.59 Å². The van der Waals surface area contributed by atoms with Gasteiger partial charge in [-0.1, -0.05) is 53.0 Å². The molecule has 1 heterocycles. The van der Waals surface area contributed by atoms with E-state index in [9.17, 15) is 9.59 Å². The molecule has 2 aliphatic carbocycles. The zero-order valence-corrected chi connectivity index (χ0v) is 20.0. The monoisotopic (exact) mass is 481 g/mol. The quantitative estimate of drug-likeness (QED) is 0.535. The van der Waals surface area contributed by atoms with E-state index in [-0.39, 0.29) is 11.6 Å². The average Bonchev–Trinajstić information content (AvgIpc) is 2.79. The fourth-order valence-electron chi connectivity index (χ4n) is 5.04. The van der Waals surface area contributed by atoms with Crippen LogP contribution in [0.5, 0.6) is 5.75 Å². The highest BCUT2D eigenvalue weighted by Crippen LogP contribution is 2.47. The molecule has 0 saturated carbocycles. The summed E-state index contributed by atoms with van der Waals surface area (Å²) in [7, 11) is 0. The molecular weight excluding hydrogens is 457 g/mol. The van der Waals surface area contributed by atoms with E-state index < -0.39 is 5.92 Å². The van der Waals surface area contributed by atoms with E-state index in [2.05, 4.69) is 5.32 Å². The number of halogens is 2. The van der Waals surface area contributed by atoms with E-state index in [0.717, 1.165) is 48.2 Å². The zero-order valence-electron chi connectivity index (χ0n) is 18.5. The summed E-state index contributed by atoms with van der Waals surface area (Å²) in [5.41, 5.74) is 6.22. The minimum absolute atomic E-state index is 0.0885. The van der Waals surface area contributed by atoms with Crippen LogP contribution >= 0.6 is 23.2 Å². The van der Waals surface area contributed by atoms with Crippen LogP contribution in [0.2, 0.25) is 10.0 Å². The molecule has 0 fully saturated rings. The lowest BCUT2D eigenvalue weighted by molar-refractivity contribution is -0.116. The van der Waals surface area contributed by atoms with Crippen LogP contribution in [-0.4, -0.2) is 11.6 Å². The van der Waals surface area contributed by atoms with Crippen LogP contribution in [0.1, 0.15) is 61.1 Å². The zero-order chi connectivity index (χ0) is 23.1. The Labute approximate surface area is 203 Å². The number of ether oxygens (including phenoxy) is 1. The standard InChI is InChI=1S/C27H25Cl2NO3/c1-15-8-10-16(11-9-15)14-33-27-18(28)12-17(13-19(27)29)24-25-20(4-2-6-22(25)31)30-21-5-3-7-23(32)26(21)24/h8-13,24,30H,2-7,14H2,1H3. The highest BCUT2D eigenvalue weighted by molar-refractivity contribution is 6.37. The normalized spacial score (nSPS) is 18.8. The summed E-state index contributed by atoms with van der Waals surface area (Å²) >= 11 is 13.3. The molecule has 1 aliphatic heterocycles. The number of benzene rings is 2. The number of hydrogen-bond acceptors (Lipinski definition) is 4. The lowest BCUT2D eigenvalue weighted by Gasteiger charge is -2.37. The number of carbonyl (C=O) groups is 2. The van der Waals surface area contributed by atoms with Crippen LogP contribution in [-0.2, 0) is 16.2 Å². The number of hydrogen-bond donors (Lipinski definition) is 1. The van der Waals surface area contributed by atoms with Crippen molar-refractivity contribution in [2.75, 3.05) is 0 Å². The molecule has 0 bridgehead atoms. The van der Waals surface area contributed by atoms with Gasteiger partial charge in [0.05, 0.1) is 10.0 Å². The Kier molecular flexibility index (Phi) is 6.07. The number of ketones is 2. The fourth-order valence-corrected chi connectivity index (χ4v) is 5.65. The Hall–Kier alpha value is -2.56. The molecule has 4 nitrogen and oxygen atoms in total. The fraction of sp³-hybridized carbons (Fsp3) is 0.333. The van der Waals surface area contributed by atoms with Crippen molar-refractivity contribution in [3.8, 4) is 5.75 Å². The third-order valence-electron chi connectivity index (χ3n) is 6.65. The molecule has 170 valence electrons. The molecule has 5 rings (SSSR count). The van der Waals surface area contributed by atoms with Crippen molar-refractivity contribution in [1.82, 2.24) is 5.32 Å². The SMILES string of the molecule is Cc1ccc(COc2c(Cl)cc(C3C4=C(CCCC4=O)NC4=C3C(=O)CCC4)cc2Cl)cc1. The van der Waals surface area contributed by atoms with E-state index in [4.69, 9.17) is 27.9 Å². The Morgan fingerprint density at radius 1 is 0.879 bits per heavy atom. The van der Waals surface area contributed by atoms with Crippen LogP contribution in [0, 0.1) is 6.92 Å². The number of rotatable bonds is 4. The summed E-state index contributed by atoms with van der Waals surface area (Å²) in [5.74, 6) is 0.152. The Morgan fingerprint density at radius 3 is 1.97 bits per heavy atom. The van der Waals surface area contributed by atoms with Crippen LogP contribution in [0.4, 0.5) is 0 Å². The van der Waals surface area contributed by atoms with Gasteiger partial charge >= 0.3 is 0 Å². The predicted octanol–water partition coefficient (Wildman–Crippen LogP) is 6.58. The second-order valence-electron chi connectivity index (χ2n) is 8.98. The number of aryl methyl sites for hydroxylation is 1. The average molecular weight is 482 g/mol. The number of carbonyl (C=O) groups excluding carboxylic acids is 2. The van der Waals surface area contributed by atoms with Crippen molar-refractivity contribution >= 4 is 34.8 Å². The summed E-state index contributed by atoms with van der Waals surface area (Å²) < 4.78 is 5.96. The Morgan fingerprint density at radius 2 is 1.42 bits per heavy atom. The van der Waals surface area contributed by atoms with E-state index in [1.165, 1.54) is 5.56 Å². The van der Waals surface area contributed by atoms with Crippen molar-refractivity contribution in [1.29, 1.82) is 0 Å². The van der Waals surface area contributed by atoms with Crippen molar-refractivity contribution in [3.05, 3.63) is 85.7 Å². The van der Waals surface area contributed by atoms with Gasteiger partial charge in [0.15, 0.2) is 17.3 Å². The van der Waals surface area contributed by atoms with Crippen LogP contribution in [0.3, 0.4) is 0 Å². The first-order chi connectivity index (χ1) is 15.9. The molecule has 33 heavy (non-hydrogen) atoms. The third-order valence-corrected chi connectivity index (χ3v) is 7.21. The van der Waals surface area contributed by atoms with Gasteiger partial charge < -0.3 is 10.1 Å². The molecular formula is C27H25Cl2NO3. The third kappa shape index (κ3) is 4.22. The van der Waals surface area contributed by atoms with Gasteiger partial charge in [-0.05, 0) is 55.9 Å². The van der Waals surface area contributed by atoms with Crippen molar-refractivity contribution in [3.63, 3.8) is 0 Å². The van der Waals surface area contributed by atoms with Gasteiger partial charge in [0, 0.05) is 41.3 Å². The van der Waals surface area contributed by atoms with Gasteiger partial charge in [0.1, 0.15) is 6.61 Å². The predicted molar refractivity (Wildman–Crippen MR) is 130 cm³/mol. The van der Waals surface area contributed by atoms with Crippen LogP contribution in [0.25, 0.3) is 0 Å². The Balaban J connectivity index is 1.52. The van der Waals surface area contributed by atoms with Crippen LogP contribution < -0.4 is 10.1 Å². The molecule has 6 heteroatoms. The first-order valence-corrected chi connectivity index (χ1v) is 12.1. The summed E-state index contributed by atoms with van der Waals surface area (Å²) in [5, 5.41) is 4.18. The summed E-state index contributed by atoms with van der Waals surface area (Å²) in [4.78, 5) is 26.0. The largest absolute Gasteiger partial charge is 0.486 e. The molecule has 2 aromatic carbocycles. The van der Waals surface area contributed by atoms with E-state index in [0.29, 0.717) is 46.4 Å². The summed E-state index contributed by atoms with van der Waals surface area (Å²) in [6, 6.07) is 11.7. The Bertz CT molecular complexity index is 1150. The number of allylic oxidation sites excluding steroid dienone is 4. The maximum Gasteiger partial charge on any atom is 0.161 e. The maximum atomic E-state index is 13.0. The molecule has 0 spiro atoms. The molecule has 3 aliphatic rings. The summed E-state index contributed by atoms with van der Waals surface area (Å²) in [6.45, 7) is 2.38. The first kappa shape index (κ1) is 22.2. The smallest absolute Gasteiger partial charge is 0.161 e. The molecule has 0 unspecified atom stereocenters. The van der Waals surface area contributed by atoms with Gasteiger partial charge in [-0.15, -0.1) is 0 Å². The molecule has 0 atom stereocenters.